The number of pyridine rings is 1. The van der Waals surface area contributed by atoms with Gasteiger partial charge >= 0.3 is 0 Å². The second-order valence-electron chi connectivity index (χ2n) is 7.04. The average Bonchev–Trinajstić information content (AvgIpc) is 3.29. The van der Waals surface area contributed by atoms with Crippen LogP contribution in [0, 0.1) is 0 Å². The van der Waals surface area contributed by atoms with Gasteiger partial charge in [0.1, 0.15) is 11.4 Å². The van der Waals surface area contributed by atoms with Gasteiger partial charge in [0.15, 0.2) is 0 Å². The van der Waals surface area contributed by atoms with E-state index < -0.39 is 0 Å². The summed E-state index contributed by atoms with van der Waals surface area (Å²) in [5.74, 6) is 1.12. The molecule has 1 fully saturated rings. The molecule has 1 amide bonds. The number of amides is 1. The molecule has 1 aliphatic rings. The number of carbonyl (C=O) groups is 1. The molecule has 3 aromatic rings. The highest BCUT2D eigenvalue weighted by Crippen LogP contribution is 2.28. The summed E-state index contributed by atoms with van der Waals surface area (Å²) in [5.41, 5.74) is 9.32. The average molecular weight is 364 g/mol. The summed E-state index contributed by atoms with van der Waals surface area (Å²) in [6.07, 6.45) is 5.04. The maximum atomic E-state index is 12.7. The van der Waals surface area contributed by atoms with Crippen molar-refractivity contribution in [3.8, 4) is 5.75 Å². The summed E-state index contributed by atoms with van der Waals surface area (Å²) in [7, 11) is 1.65. The molecule has 1 aromatic carbocycles. The summed E-state index contributed by atoms with van der Waals surface area (Å²) in [6.45, 7) is 1.26. The zero-order chi connectivity index (χ0) is 18.8. The van der Waals surface area contributed by atoms with Gasteiger partial charge in [0.25, 0.3) is 0 Å². The third-order valence-corrected chi connectivity index (χ3v) is 5.27. The van der Waals surface area contributed by atoms with Crippen LogP contribution in [0.4, 0.5) is 0 Å². The van der Waals surface area contributed by atoms with Crippen LogP contribution in [0.5, 0.6) is 5.75 Å². The van der Waals surface area contributed by atoms with Crippen LogP contribution < -0.4 is 10.5 Å². The van der Waals surface area contributed by atoms with E-state index in [1.54, 1.807) is 7.11 Å². The first-order valence-electron chi connectivity index (χ1n) is 9.24. The van der Waals surface area contributed by atoms with E-state index in [1.807, 2.05) is 64.2 Å². The lowest BCUT2D eigenvalue weighted by molar-refractivity contribution is -0.130. The van der Waals surface area contributed by atoms with E-state index in [1.165, 1.54) is 0 Å². The summed E-state index contributed by atoms with van der Waals surface area (Å²) >= 11 is 0. The molecule has 0 saturated carbocycles. The van der Waals surface area contributed by atoms with E-state index in [2.05, 4.69) is 4.98 Å². The van der Waals surface area contributed by atoms with Gasteiger partial charge in [-0.25, -0.2) is 4.98 Å². The van der Waals surface area contributed by atoms with Crippen LogP contribution in [0.15, 0.2) is 54.9 Å². The monoisotopic (exact) mass is 364 g/mol. The van der Waals surface area contributed by atoms with Crippen molar-refractivity contribution in [2.24, 2.45) is 5.73 Å². The number of carbonyl (C=O) groups excluding carboxylic acids is 1. The van der Waals surface area contributed by atoms with E-state index in [0.717, 1.165) is 22.7 Å². The zero-order valence-electron chi connectivity index (χ0n) is 15.4. The minimum atomic E-state index is -0.0439. The Bertz CT molecular complexity index is 902. The lowest BCUT2D eigenvalue weighted by Crippen LogP contribution is -2.32. The molecular formula is C21H24N4O2. The standard InChI is InChI=1S/C21H24N4O2/c1-27-17-8-5-15(6-9-17)18-13-25(14-19(18)22)21(26)10-7-16-12-24-11-3-2-4-20(24)23-16/h2-6,8-9,11-12,18-19H,7,10,13-14,22H2,1H3/t18-,19+/m1/s1. The molecule has 4 rings (SSSR count). The van der Waals surface area contributed by atoms with Gasteiger partial charge in [-0.15, -0.1) is 0 Å². The highest BCUT2D eigenvalue weighted by Gasteiger charge is 2.33. The van der Waals surface area contributed by atoms with Crippen LogP contribution in [0.3, 0.4) is 0 Å². The molecule has 3 heterocycles. The van der Waals surface area contributed by atoms with Gasteiger partial charge in [-0.05, 0) is 36.2 Å². The number of ether oxygens (including phenoxy) is 1. The van der Waals surface area contributed by atoms with E-state index in [0.29, 0.717) is 25.9 Å². The number of aryl methyl sites for hydroxylation is 1. The third-order valence-electron chi connectivity index (χ3n) is 5.27. The minimum Gasteiger partial charge on any atom is -0.497 e. The topological polar surface area (TPSA) is 72.9 Å². The summed E-state index contributed by atoms with van der Waals surface area (Å²) < 4.78 is 7.19. The van der Waals surface area contributed by atoms with Crippen LogP contribution in [0.1, 0.15) is 23.6 Å². The molecular weight excluding hydrogens is 340 g/mol. The molecule has 1 saturated heterocycles. The Kier molecular flexibility index (Phi) is 4.81. The van der Waals surface area contributed by atoms with Crippen molar-refractivity contribution >= 4 is 11.6 Å². The number of methoxy groups -OCH3 is 1. The van der Waals surface area contributed by atoms with Crippen molar-refractivity contribution in [2.75, 3.05) is 20.2 Å². The predicted octanol–water partition coefficient (Wildman–Crippen LogP) is 2.23. The molecule has 6 heteroatoms. The van der Waals surface area contributed by atoms with Crippen LogP contribution in [-0.2, 0) is 11.2 Å². The van der Waals surface area contributed by atoms with Crippen LogP contribution in [0.2, 0.25) is 0 Å². The summed E-state index contributed by atoms with van der Waals surface area (Å²) in [6, 6.07) is 13.8. The van der Waals surface area contributed by atoms with E-state index in [-0.39, 0.29) is 17.9 Å². The van der Waals surface area contributed by atoms with Gasteiger partial charge in [0.05, 0.1) is 12.8 Å². The van der Waals surface area contributed by atoms with Gasteiger partial charge in [0.2, 0.25) is 5.91 Å². The smallest absolute Gasteiger partial charge is 0.223 e. The molecule has 27 heavy (non-hydrogen) atoms. The number of nitrogens with two attached hydrogens (primary N) is 1. The van der Waals surface area contributed by atoms with Crippen molar-refractivity contribution in [3.63, 3.8) is 0 Å². The lowest BCUT2D eigenvalue weighted by atomic mass is 9.95. The molecule has 0 unspecified atom stereocenters. The van der Waals surface area contributed by atoms with E-state index >= 15 is 0 Å². The number of benzene rings is 1. The predicted molar refractivity (Wildman–Crippen MR) is 104 cm³/mol. The Labute approximate surface area is 158 Å². The zero-order valence-corrected chi connectivity index (χ0v) is 15.4. The van der Waals surface area contributed by atoms with E-state index in [4.69, 9.17) is 10.5 Å². The van der Waals surface area contributed by atoms with Crippen LogP contribution in [0.25, 0.3) is 5.65 Å². The molecule has 1 aliphatic heterocycles. The Morgan fingerprint density at radius 3 is 2.78 bits per heavy atom. The van der Waals surface area contributed by atoms with Gasteiger partial charge < -0.3 is 19.8 Å². The number of aromatic nitrogens is 2. The van der Waals surface area contributed by atoms with Crippen molar-refractivity contribution in [2.45, 2.75) is 24.8 Å². The fourth-order valence-electron chi connectivity index (χ4n) is 3.74. The van der Waals surface area contributed by atoms with Gasteiger partial charge in [-0.2, -0.15) is 0 Å². The first-order valence-corrected chi connectivity index (χ1v) is 9.24. The van der Waals surface area contributed by atoms with E-state index in [9.17, 15) is 4.79 Å². The summed E-state index contributed by atoms with van der Waals surface area (Å²) in [4.78, 5) is 19.1. The molecule has 0 spiro atoms. The maximum absolute atomic E-state index is 12.7. The minimum absolute atomic E-state index is 0.0439. The first-order chi connectivity index (χ1) is 13.1. The Balaban J connectivity index is 1.37. The molecule has 0 bridgehead atoms. The number of likely N-dealkylation sites (tertiary alicyclic amines) is 1. The third kappa shape index (κ3) is 3.66. The van der Waals surface area contributed by atoms with Crippen molar-refractivity contribution in [1.82, 2.24) is 14.3 Å². The number of imidazole rings is 1. The molecule has 0 aliphatic carbocycles. The van der Waals surface area contributed by atoms with Crippen molar-refractivity contribution < 1.29 is 9.53 Å². The first kappa shape index (κ1) is 17.5. The van der Waals surface area contributed by atoms with Crippen LogP contribution >= 0.6 is 0 Å². The molecule has 2 N–H and O–H groups in total. The van der Waals surface area contributed by atoms with Gasteiger partial charge in [0, 0.05) is 43.9 Å². The van der Waals surface area contributed by atoms with Gasteiger partial charge in [-0.3, -0.25) is 4.79 Å². The fraction of sp³-hybridized carbons (Fsp3) is 0.333. The fourth-order valence-corrected chi connectivity index (χ4v) is 3.74. The molecule has 0 radical (unpaired) electrons. The summed E-state index contributed by atoms with van der Waals surface area (Å²) in [5, 5.41) is 0. The largest absolute Gasteiger partial charge is 0.497 e. The number of nitrogens with zero attached hydrogens (tertiary/aromatic N) is 3. The normalized spacial score (nSPS) is 19.6. The molecule has 2 atom stereocenters. The second-order valence-corrected chi connectivity index (χ2v) is 7.04. The number of fused-ring (bicyclic) bond motifs is 1. The molecule has 140 valence electrons. The highest BCUT2D eigenvalue weighted by atomic mass is 16.5. The lowest BCUT2D eigenvalue weighted by Gasteiger charge is -2.16. The Morgan fingerprint density at radius 1 is 1.22 bits per heavy atom. The highest BCUT2D eigenvalue weighted by molar-refractivity contribution is 5.77. The second kappa shape index (κ2) is 7.40. The number of hydrogen-bond donors (Lipinski definition) is 1. The maximum Gasteiger partial charge on any atom is 0.223 e. The van der Waals surface area contributed by atoms with Crippen molar-refractivity contribution in [3.05, 3.63) is 66.1 Å². The SMILES string of the molecule is COc1ccc([C@H]2CN(C(=O)CCc3cn4ccccc4n3)C[C@@H]2N)cc1. The van der Waals surface area contributed by atoms with Crippen LogP contribution in [-0.4, -0.2) is 46.4 Å². The molecule has 6 nitrogen and oxygen atoms in total. The number of rotatable bonds is 5. The Hall–Kier alpha value is -2.86. The quantitative estimate of drug-likeness (QED) is 0.753. The van der Waals surface area contributed by atoms with Crippen molar-refractivity contribution in [1.29, 1.82) is 0 Å². The Morgan fingerprint density at radius 2 is 2.04 bits per heavy atom. The van der Waals surface area contributed by atoms with Gasteiger partial charge in [-0.1, -0.05) is 18.2 Å². The number of hydrogen-bond acceptors (Lipinski definition) is 4. The molecule has 2 aromatic heterocycles.